The summed E-state index contributed by atoms with van der Waals surface area (Å²) in [6, 6.07) is 6.16. The Kier molecular flexibility index (Phi) is 5.58. The number of carbonyl (C=O) groups is 3. The number of aliphatic imine (C=N–C) groups is 1. The average molecular weight is 337 g/mol. The predicted octanol–water partition coefficient (Wildman–Crippen LogP) is 0.592. The summed E-state index contributed by atoms with van der Waals surface area (Å²) in [5.41, 5.74) is 0.567. The normalized spacial score (nSPS) is 18.7. The van der Waals surface area contributed by atoms with Crippen LogP contribution in [0.25, 0.3) is 0 Å². The van der Waals surface area contributed by atoms with E-state index in [2.05, 4.69) is 15.6 Å². The summed E-state index contributed by atoms with van der Waals surface area (Å²) in [4.78, 5) is 38.1. The topological polar surface area (TPSA) is 128 Å². The summed E-state index contributed by atoms with van der Waals surface area (Å²) < 4.78 is 0. The first-order valence-corrected chi connectivity index (χ1v) is 7.66. The molecule has 1 heterocycles. The molecule has 0 aromatic heterocycles. The van der Waals surface area contributed by atoms with Gasteiger partial charge in [0.25, 0.3) is 0 Å². The van der Waals surface area contributed by atoms with Crippen molar-refractivity contribution in [3.8, 4) is 5.75 Å². The maximum absolute atomic E-state index is 11.8. The molecule has 1 aliphatic rings. The lowest BCUT2D eigenvalue weighted by Gasteiger charge is -2.05. The molecule has 1 saturated heterocycles. The minimum atomic E-state index is -0.999. The second-order valence-corrected chi connectivity index (χ2v) is 5.92. The van der Waals surface area contributed by atoms with Crippen LogP contribution in [0.2, 0.25) is 0 Å². The zero-order chi connectivity index (χ0) is 16.8. The number of nitrogens with one attached hydrogen (secondary N) is 2. The van der Waals surface area contributed by atoms with Crippen molar-refractivity contribution in [3.63, 3.8) is 0 Å². The summed E-state index contributed by atoms with van der Waals surface area (Å²) in [6.45, 7) is 0.0294. The lowest BCUT2D eigenvalue weighted by molar-refractivity contribution is -0.137. The van der Waals surface area contributed by atoms with Gasteiger partial charge in [-0.15, -0.1) is 0 Å². The van der Waals surface area contributed by atoms with Crippen LogP contribution in [0.5, 0.6) is 5.75 Å². The first kappa shape index (κ1) is 16.8. The van der Waals surface area contributed by atoms with Crippen LogP contribution in [0.1, 0.15) is 12.8 Å². The molecule has 1 fully saturated rings. The number of amides is 2. The minimum absolute atomic E-state index is 0.0294. The third-order valence-corrected chi connectivity index (χ3v) is 3.97. The molecular weight excluding hydrogens is 322 g/mol. The van der Waals surface area contributed by atoms with Gasteiger partial charge in [0, 0.05) is 13.0 Å². The molecule has 2 amide bonds. The smallest absolute Gasteiger partial charge is 0.305 e. The van der Waals surface area contributed by atoms with E-state index in [9.17, 15) is 19.5 Å². The molecule has 0 bridgehead atoms. The van der Waals surface area contributed by atoms with Gasteiger partial charge >= 0.3 is 5.97 Å². The molecule has 1 atom stereocenters. The fraction of sp³-hybridized carbons (Fsp3) is 0.286. The monoisotopic (exact) mass is 337 g/mol. The number of carbonyl (C=O) groups excluding carboxylic acids is 2. The van der Waals surface area contributed by atoms with Crippen LogP contribution in [0.15, 0.2) is 29.3 Å². The molecule has 0 spiro atoms. The number of hydrogen-bond acceptors (Lipinski definition) is 6. The van der Waals surface area contributed by atoms with Gasteiger partial charge in [-0.3, -0.25) is 14.4 Å². The fourth-order valence-electron chi connectivity index (χ4n) is 1.79. The highest BCUT2D eigenvalue weighted by atomic mass is 32.2. The van der Waals surface area contributed by atoms with Gasteiger partial charge < -0.3 is 20.8 Å². The molecule has 1 unspecified atom stereocenters. The highest BCUT2D eigenvalue weighted by molar-refractivity contribution is 8.15. The molecule has 1 aliphatic heterocycles. The molecule has 0 aliphatic carbocycles. The number of nitrogens with zero attached hydrogens (tertiary/aromatic N) is 1. The van der Waals surface area contributed by atoms with Gasteiger partial charge in [-0.25, -0.2) is 4.99 Å². The number of benzene rings is 1. The highest BCUT2D eigenvalue weighted by Crippen LogP contribution is 2.25. The van der Waals surface area contributed by atoms with E-state index in [0.29, 0.717) is 10.9 Å². The molecule has 2 rings (SSSR count). The van der Waals surface area contributed by atoms with Crippen LogP contribution in [0.4, 0.5) is 5.69 Å². The molecule has 0 saturated carbocycles. The van der Waals surface area contributed by atoms with E-state index in [4.69, 9.17) is 5.11 Å². The Balaban J connectivity index is 1.88. The van der Waals surface area contributed by atoms with Crippen LogP contribution in [0, 0.1) is 0 Å². The SMILES string of the molecule is O=C(O)CCNC(=O)CC1SC(=Nc2ccc(O)cc2)NC1=O. The first-order chi connectivity index (χ1) is 10.9. The maximum atomic E-state index is 11.8. The van der Waals surface area contributed by atoms with Crippen molar-refractivity contribution in [1.82, 2.24) is 10.6 Å². The Morgan fingerprint density at radius 1 is 1.30 bits per heavy atom. The standard InChI is InChI=1S/C14H15N3O5S/c18-9-3-1-8(2-4-9)16-14-17-13(22)10(23-14)7-11(19)15-6-5-12(20)21/h1-4,10,18H,5-7H2,(H,15,19)(H,20,21)(H,16,17,22). The Hall–Kier alpha value is -2.55. The van der Waals surface area contributed by atoms with Gasteiger partial charge in [0.05, 0.1) is 12.1 Å². The van der Waals surface area contributed by atoms with E-state index in [0.717, 1.165) is 11.8 Å². The number of phenolic OH excluding ortho intramolecular Hbond substituents is 1. The van der Waals surface area contributed by atoms with Crippen molar-refractivity contribution in [2.45, 2.75) is 18.1 Å². The van der Waals surface area contributed by atoms with Crippen LogP contribution in [-0.2, 0) is 14.4 Å². The number of phenols is 1. The number of aliphatic carboxylic acids is 1. The molecule has 9 heteroatoms. The molecule has 23 heavy (non-hydrogen) atoms. The van der Waals surface area contributed by atoms with Crippen molar-refractivity contribution in [2.24, 2.45) is 4.99 Å². The highest BCUT2D eigenvalue weighted by Gasteiger charge is 2.32. The number of hydrogen-bond donors (Lipinski definition) is 4. The Morgan fingerprint density at radius 3 is 2.65 bits per heavy atom. The van der Waals surface area contributed by atoms with Crippen molar-refractivity contribution in [2.75, 3.05) is 6.54 Å². The Morgan fingerprint density at radius 2 is 2.00 bits per heavy atom. The maximum Gasteiger partial charge on any atom is 0.305 e. The fourth-order valence-corrected chi connectivity index (χ4v) is 2.77. The largest absolute Gasteiger partial charge is 0.508 e. The molecule has 8 nitrogen and oxygen atoms in total. The summed E-state index contributed by atoms with van der Waals surface area (Å²) in [5.74, 6) is -1.58. The summed E-state index contributed by atoms with van der Waals surface area (Å²) in [7, 11) is 0. The van der Waals surface area contributed by atoms with Gasteiger partial charge in [-0.2, -0.15) is 0 Å². The molecule has 0 radical (unpaired) electrons. The number of aromatic hydroxyl groups is 1. The van der Waals surface area contributed by atoms with Crippen molar-refractivity contribution < 1.29 is 24.6 Å². The van der Waals surface area contributed by atoms with Gasteiger partial charge in [-0.05, 0) is 24.3 Å². The zero-order valence-corrected chi connectivity index (χ0v) is 12.8. The van der Waals surface area contributed by atoms with Gasteiger partial charge in [0.1, 0.15) is 11.0 Å². The summed E-state index contributed by atoms with van der Waals surface area (Å²) in [6.07, 6.45) is -0.214. The van der Waals surface area contributed by atoms with Gasteiger partial charge in [0.15, 0.2) is 5.17 Å². The molecule has 1 aromatic rings. The predicted molar refractivity (Wildman–Crippen MR) is 84.6 cm³/mol. The zero-order valence-electron chi connectivity index (χ0n) is 12.0. The van der Waals surface area contributed by atoms with Crippen LogP contribution >= 0.6 is 11.8 Å². The van der Waals surface area contributed by atoms with Crippen molar-refractivity contribution >= 4 is 40.4 Å². The molecule has 1 aromatic carbocycles. The molecular formula is C14H15N3O5S. The second kappa shape index (κ2) is 7.63. The van der Waals surface area contributed by atoms with E-state index in [-0.39, 0.29) is 37.0 Å². The van der Waals surface area contributed by atoms with Crippen LogP contribution in [0.3, 0.4) is 0 Å². The van der Waals surface area contributed by atoms with E-state index in [1.807, 2.05) is 0 Å². The van der Waals surface area contributed by atoms with Gasteiger partial charge in [-0.1, -0.05) is 11.8 Å². The van der Waals surface area contributed by atoms with E-state index < -0.39 is 11.2 Å². The van der Waals surface area contributed by atoms with E-state index in [1.165, 1.54) is 12.1 Å². The quantitative estimate of drug-likeness (QED) is 0.601. The van der Waals surface area contributed by atoms with Crippen molar-refractivity contribution in [1.29, 1.82) is 0 Å². The lowest BCUT2D eigenvalue weighted by atomic mass is 10.2. The van der Waals surface area contributed by atoms with Crippen molar-refractivity contribution in [3.05, 3.63) is 24.3 Å². The Labute approximate surface area is 136 Å². The summed E-state index contributed by atoms with van der Waals surface area (Å²) >= 11 is 1.14. The average Bonchev–Trinajstić information content (AvgIpc) is 2.81. The van der Waals surface area contributed by atoms with Gasteiger partial charge in [0.2, 0.25) is 11.8 Å². The lowest BCUT2D eigenvalue weighted by Crippen LogP contribution is -2.32. The molecule has 122 valence electrons. The summed E-state index contributed by atoms with van der Waals surface area (Å²) in [5, 5.41) is 22.5. The number of amidine groups is 1. The minimum Gasteiger partial charge on any atom is -0.508 e. The number of carboxylic acid groups (broad SMARTS) is 1. The van der Waals surface area contributed by atoms with Crippen LogP contribution < -0.4 is 10.6 Å². The van der Waals surface area contributed by atoms with E-state index in [1.54, 1.807) is 12.1 Å². The Bertz CT molecular complexity index is 644. The third kappa shape index (κ3) is 5.29. The first-order valence-electron chi connectivity index (χ1n) is 6.78. The number of thioether (sulfide) groups is 1. The molecule has 4 N–H and O–H groups in total. The number of rotatable bonds is 6. The second-order valence-electron chi connectivity index (χ2n) is 4.73. The van der Waals surface area contributed by atoms with E-state index >= 15 is 0 Å². The third-order valence-electron chi connectivity index (χ3n) is 2.89. The number of carboxylic acids is 1. The van der Waals surface area contributed by atoms with Crippen LogP contribution in [-0.4, -0.2) is 45.0 Å².